The van der Waals surface area contributed by atoms with Gasteiger partial charge in [-0.25, -0.2) is 0 Å². The van der Waals surface area contributed by atoms with Crippen LogP contribution in [-0.4, -0.2) is 0 Å². The van der Waals surface area contributed by atoms with Crippen molar-refractivity contribution in [1.29, 1.82) is 0 Å². The summed E-state index contributed by atoms with van der Waals surface area (Å²) in [7, 11) is 0. The fourth-order valence-electron chi connectivity index (χ4n) is 0.491. The Kier molecular flexibility index (Phi) is 4.73. The molecule has 10 heavy (non-hydrogen) atoms. The summed E-state index contributed by atoms with van der Waals surface area (Å²) < 4.78 is 0. The summed E-state index contributed by atoms with van der Waals surface area (Å²) in [5.74, 6) is 0.579. The summed E-state index contributed by atoms with van der Waals surface area (Å²) in [6, 6.07) is 0. The highest BCUT2D eigenvalue weighted by Crippen LogP contribution is 2.04. The summed E-state index contributed by atoms with van der Waals surface area (Å²) in [5.41, 5.74) is 0.792. The lowest BCUT2D eigenvalue weighted by atomic mass is 10.1. The first-order valence-corrected chi connectivity index (χ1v) is 3.67. The average Bonchev–Trinajstić information content (AvgIpc) is 1.99. The van der Waals surface area contributed by atoms with E-state index >= 15 is 0 Å². The minimum Gasteiger partial charge on any atom is -0.298 e. The van der Waals surface area contributed by atoms with Crippen LogP contribution in [0.15, 0.2) is 24.0 Å². The second-order valence-electron chi connectivity index (χ2n) is 2.61. The van der Waals surface area contributed by atoms with Gasteiger partial charge in [0.2, 0.25) is 0 Å². The Bertz CT molecular complexity index is 134. The lowest BCUT2D eigenvalue weighted by molar-refractivity contribution is 0.348. The molecule has 0 aromatic carbocycles. The van der Waals surface area contributed by atoms with E-state index in [2.05, 4.69) is 19.9 Å². The summed E-state index contributed by atoms with van der Waals surface area (Å²) in [4.78, 5) is 0. The van der Waals surface area contributed by atoms with E-state index < -0.39 is 0 Å². The molecule has 1 nitrogen and oxygen atoms in total. The normalized spacial score (nSPS) is 16.1. The minimum absolute atomic E-state index is 0.579. The molecule has 57 valence electrons. The number of allylic oxidation sites excluding steroid dienone is 3. The van der Waals surface area contributed by atoms with Crippen molar-refractivity contribution in [2.45, 2.75) is 27.2 Å². The maximum absolute atomic E-state index is 10.1. The predicted octanol–water partition coefficient (Wildman–Crippen LogP) is 2.92. The monoisotopic (exact) mass is 139 g/mol. The molecule has 1 unspecified atom stereocenters. The van der Waals surface area contributed by atoms with Gasteiger partial charge in [-0.3, -0.25) is 5.11 Å². The van der Waals surface area contributed by atoms with Crippen LogP contribution in [-0.2, 0) is 5.11 Å². The van der Waals surface area contributed by atoms with Gasteiger partial charge in [0.15, 0.2) is 0 Å². The lowest BCUT2D eigenvalue weighted by Gasteiger charge is -1.97. The summed E-state index contributed by atoms with van der Waals surface area (Å²) in [5, 5.41) is 10.1. The van der Waals surface area contributed by atoms with Gasteiger partial charge in [-0.1, -0.05) is 32.4 Å². The Balaban J connectivity index is 3.75. The first-order valence-electron chi connectivity index (χ1n) is 3.67. The van der Waals surface area contributed by atoms with Gasteiger partial charge < -0.3 is 0 Å². The largest absolute Gasteiger partial charge is 0.298 e. The van der Waals surface area contributed by atoms with Crippen molar-refractivity contribution in [2.24, 2.45) is 5.92 Å². The maximum atomic E-state index is 10.1. The Labute approximate surface area is 63.1 Å². The van der Waals surface area contributed by atoms with Gasteiger partial charge in [0.25, 0.3) is 0 Å². The van der Waals surface area contributed by atoms with Crippen LogP contribution in [0.4, 0.5) is 0 Å². The second kappa shape index (κ2) is 5.10. The molecule has 0 aliphatic rings. The van der Waals surface area contributed by atoms with Crippen LogP contribution < -0.4 is 0 Å². The molecule has 0 aromatic rings. The van der Waals surface area contributed by atoms with Gasteiger partial charge in [-0.2, -0.15) is 0 Å². The Morgan fingerprint density at radius 2 is 2.20 bits per heavy atom. The van der Waals surface area contributed by atoms with E-state index in [0.717, 1.165) is 18.3 Å². The van der Waals surface area contributed by atoms with Crippen LogP contribution in [0.5, 0.6) is 0 Å². The van der Waals surface area contributed by atoms with E-state index in [4.69, 9.17) is 0 Å². The van der Waals surface area contributed by atoms with Crippen molar-refractivity contribution >= 4 is 0 Å². The van der Waals surface area contributed by atoms with Crippen molar-refractivity contribution in [1.82, 2.24) is 0 Å². The molecule has 0 aromatic heterocycles. The van der Waals surface area contributed by atoms with E-state index in [-0.39, 0.29) is 0 Å². The summed E-state index contributed by atoms with van der Waals surface area (Å²) in [6.07, 6.45) is 5.94. The molecule has 1 heteroatoms. The molecule has 0 saturated carbocycles. The molecular weight excluding hydrogens is 124 g/mol. The summed E-state index contributed by atoms with van der Waals surface area (Å²) >= 11 is 0. The molecule has 0 aliphatic heterocycles. The van der Waals surface area contributed by atoms with E-state index in [0.29, 0.717) is 5.92 Å². The fourth-order valence-corrected chi connectivity index (χ4v) is 0.491. The standard InChI is InChI=1S/C9H15O/c1-4-8(2)5-6-9(3)7-10/h5-8H,4H2,1-3H3/b6-5+,9-7+. The molecular formula is C9H15O. The van der Waals surface area contributed by atoms with Crippen LogP contribution >= 0.6 is 0 Å². The lowest BCUT2D eigenvalue weighted by Crippen LogP contribution is -1.83. The molecule has 1 radical (unpaired) electrons. The van der Waals surface area contributed by atoms with E-state index in [1.54, 1.807) is 0 Å². The molecule has 0 saturated heterocycles. The third-order valence-corrected chi connectivity index (χ3v) is 1.52. The van der Waals surface area contributed by atoms with Crippen molar-refractivity contribution in [3.8, 4) is 0 Å². The number of hydrogen-bond donors (Lipinski definition) is 0. The van der Waals surface area contributed by atoms with Crippen LogP contribution in [0, 0.1) is 5.92 Å². The zero-order valence-electron chi connectivity index (χ0n) is 6.92. The smallest absolute Gasteiger partial charge is 0.145 e. The van der Waals surface area contributed by atoms with Gasteiger partial charge in [-0.05, 0) is 18.4 Å². The van der Waals surface area contributed by atoms with Crippen molar-refractivity contribution in [3.63, 3.8) is 0 Å². The number of rotatable bonds is 3. The molecule has 0 aliphatic carbocycles. The molecule has 0 N–H and O–H groups in total. The maximum Gasteiger partial charge on any atom is 0.145 e. The van der Waals surface area contributed by atoms with Gasteiger partial charge >= 0.3 is 0 Å². The van der Waals surface area contributed by atoms with Crippen molar-refractivity contribution in [2.75, 3.05) is 0 Å². The quantitative estimate of drug-likeness (QED) is 0.423. The van der Waals surface area contributed by atoms with Gasteiger partial charge in [-0.15, -0.1) is 0 Å². The van der Waals surface area contributed by atoms with Gasteiger partial charge in [0, 0.05) is 0 Å². The molecule has 0 fully saturated rings. The van der Waals surface area contributed by atoms with Crippen molar-refractivity contribution < 1.29 is 5.11 Å². The third-order valence-electron chi connectivity index (χ3n) is 1.52. The van der Waals surface area contributed by atoms with Gasteiger partial charge in [0.05, 0.1) is 0 Å². The van der Waals surface area contributed by atoms with Crippen molar-refractivity contribution in [3.05, 3.63) is 24.0 Å². The SMILES string of the molecule is CCC(C)/C=C/C(C)=C/[O]. The Hall–Kier alpha value is -0.720. The van der Waals surface area contributed by atoms with Crippen LogP contribution in [0.2, 0.25) is 0 Å². The predicted molar refractivity (Wildman–Crippen MR) is 43.0 cm³/mol. The third kappa shape index (κ3) is 4.19. The van der Waals surface area contributed by atoms with E-state index in [1.807, 2.05) is 13.0 Å². The topological polar surface area (TPSA) is 19.9 Å². The molecule has 0 bridgehead atoms. The first kappa shape index (κ1) is 9.28. The first-order chi connectivity index (χ1) is 4.70. The molecule has 0 rings (SSSR count). The van der Waals surface area contributed by atoms with Gasteiger partial charge in [0.1, 0.15) is 6.26 Å². The minimum atomic E-state index is 0.579. The highest BCUT2D eigenvalue weighted by molar-refractivity contribution is 5.13. The highest BCUT2D eigenvalue weighted by Gasteiger charge is 1.89. The molecule has 0 heterocycles. The van der Waals surface area contributed by atoms with Crippen LogP contribution in [0.25, 0.3) is 0 Å². The molecule has 0 spiro atoms. The molecule has 0 amide bonds. The second-order valence-corrected chi connectivity index (χ2v) is 2.61. The van der Waals surface area contributed by atoms with E-state index in [1.165, 1.54) is 0 Å². The Morgan fingerprint density at radius 3 is 2.60 bits per heavy atom. The zero-order chi connectivity index (χ0) is 7.98. The van der Waals surface area contributed by atoms with Crippen LogP contribution in [0.3, 0.4) is 0 Å². The molecule has 1 atom stereocenters. The number of hydrogen-bond acceptors (Lipinski definition) is 0. The Morgan fingerprint density at radius 1 is 1.60 bits per heavy atom. The van der Waals surface area contributed by atoms with Crippen LogP contribution in [0.1, 0.15) is 27.2 Å². The fraction of sp³-hybridized carbons (Fsp3) is 0.556. The summed E-state index contributed by atoms with van der Waals surface area (Å²) in [6.45, 7) is 6.08. The van der Waals surface area contributed by atoms with E-state index in [9.17, 15) is 5.11 Å². The highest BCUT2D eigenvalue weighted by atomic mass is 16.2. The zero-order valence-corrected chi connectivity index (χ0v) is 6.92. The average molecular weight is 139 g/mol.